The predicted octanol–water partition coefficient (Wildman–Crippen LogP) is 2.42. The standard InChI is InChI=1S/C12H13ClN2O3/c1-3-18-12(17)9-4-6-10(7-5-9)14-15-11(13)8(2)16/h4-7,14H,3H2,1-2H3/b15-11+. The summed E-state index contributed by atoms with van der Waals surface area (Å²) in [7, 11) is 0. The third-order valence-corrected chi connectivity index (χ3v) is 2.32. The molecule has 0 amide bonds. The van der Waals surface area contributed by atoms with E-state index in [9.17, 15) is 9.59 Å². The number of hydrazone groups is 1. The number of benzene rings is 1. The SMILES string of the molecule is CCOC(=O)c1ccc(N/N=C(/Cl)C(C)=O)cc1. The summed E-state index contributed by atoms with van der Waals surface area (Å²) in [5.41, 5.74) is 3.67. The highest BCUT2D eigenvalue weighted by Crippen LogP contribution is 2.10. The van der Waals surface area contributed by atoms with Crippen LogP contribution in [-0.2, 0) is 9.53 Å². The fourth-order valence-electron chi connectivity index (χ4n) is 1.09. The van der Waals surface area contributed by atoms with E-state index in [1.165, 1.54) is 6.92 Å². The van der Waals surface area contributed by atoms with E-state index in [4.69, 9.17) is 16.3 Å². The Kier molecular flexibility index (Phi) is 5.32. The Morgan fingerprint density at radius 2 is 1.94 bits per heavy atom. The number of anilines is 1. The molecule has 0 aromatic heterocycles. The van der Waals surface area contributed by atoms with Crippen LogP contribution in [0.15, 0.2) is 29.4 Å². The lowest BCUT2D eigenvalue weighted by Gasteiger charge is -2.03. The lowest BCUT2D eigenvalue weighted by Crippen LogP contribution is -2.05. The van der Waals surface area contributed by atoms with E-state index >= 15 is 0 Å². The van der Waals surface area contributed by atoms with E-state index in [1.54, 1.807) is 31.2 Å². The van der Waals surface area contributed by atoms with E-state index in [-0.39, 0.29) is 16.9 Å². The average Bonchev–Trinajstić information content (AvgIpc) is 2.36. The van der Waals surface area contributed by atoms with Gasteiger partial charge < -0.3 is 4.74 Å². The summed E-state index contributed by atoms with van der Waals surface area (Å²) in [6, 6.07) is 6.47. The van der Waals surface area contributed by atoms with Crippen LogP contribution < -0.4 is 5.43 Å². The van der Waals surface area contributed by atoms with Gasteiger partial charge >= 0.3 is 5.97 Å². The van der Waals surface area contributed by atoms with Crippen molar-refractivity contribution in [2.45, 2.75) is 13.8 Å². The molecule has 0 saturated heterocycles. The van der Waals surface area contributed by atoms with Crippen molar-refractivity contribution in [3.8, 4) is 0 Å². The lowest BCUT2D eigenvalue weighted by atomic mass is 10.2. The zero-order valence-electron chi connectivity index (χ0n) is 10.1. The minimum atomic E-state index is -0.380. The maximum atomic E-state index is 11.4. The van der Waals surface area contributed by atoms with Gasteiger partial charge in [-0.25, -0.2) is 4.79 Å². The molecule has 1 N–H and O–H groups in total. The second-order valence-electron chi connectivity index (χ2n) is 3.37. The van der Waals surface area contributed by atoms with Crippen LogP contribution in [0.3, 0.4) is 0 Å². The maximum Gasteiger partial charge on any atom is 0.338 e. The minimum Gasteiger partial charge on any atom is -0.462 e. The zero-order valence-corrected chi connectivity index (χ0v) is 10.8. The van der Waals surface area contributed by atoms with Crippen molar-refractivity contribution >= 4 is 34.2 Å². The van der Waals surface area contributed by atoms with Crippen molar-refractivity contribution in [3.63, 3.8) is 0 Å². The van der Waals surface area contributed by atoms with Crippen LogP contribution in [0.5, 0.6) is 0 Å². The lowest BCUT2D eigenvalue weighted by molar-refractivity contribution is -0.110. The molecule has 0 aliphatic carbocycles. The van der Waals surface area contributed by atoms with Crippen molar-refractivity contribution in [2.75, 3.05) is 12.0 Å². The first-order chi connectivity index (χ1) is 8.54. The van der Waals surface area contributed by atoms with Crippen LogP contribution in [0, 0.1) is 0 Å². The number of halogens is 1. The van der Waals surface area contributed by atoms with E-state index in [2.05, 4.69) is 10.5 Å². The molecule has 96 valence electrons. The van der Waals surface area contributed by atoms with Crippen molar-refractivity contribution < 1.29 is 14.3 Å². The highest BCUT2D eigenvalue weighted by atomic mass is 35.5. The summed E-state index contributed by atoms with van der Waals surface area (Å²) in [6.07, 6.45) is 0. The summed E-state index contributed by atoms with van der Waals surface area (Å²) >= 11 is 5.55. The number of hydrogen-bond acceptors (Lipinski definition) is 5. The summed E-state index contributed by atoms with van der Waals surface area (Å²) < 4.78 is 4.84. The van der Waals surface area contributed by atoms with Crippen molar-refractivity contribution in [1.29, 1.82) is 0 Å². The molecule has 18 heavy (non-hydrogen) atoms. The molecule has 0 aliphatic rings. The maximum absolute atomic E-state index is 11.4. The fourth-order valence-corrected chi connectivity index (χ4v) is 1.13. The van der Waals surface area contributed by atoms with Crippen LogP contribution in [0.1, 0.15) is 24.2 Å². The Bertz CT molecular complexity index is 469. The summed E-state index contributed by atoms with van der Waals surface area (Å²) in [5, 5.41) is 3.54. The van der Waals surface area contributed by atoms with Crippen LogP contribution in [0.4, 0.5) is 5.69 Å². The molecule has 5 nitrogen and oxygen atoms in total. The highest BCUT2D eigenvalue weighted by Gasteiger charge is 2.05. The van der Waals surface area contributed by atoms with Crippen molar-refractivity contribution in [2.24, 2.45) is 5.10 Å². The Hall–Kier alpha value is -1.88. The molecule has 0 radical (unpaired) electrons. The Balaban J connectivity index is 2.69. The molecule has 6 heteroatoms. The van der Waals surface area contributed by atoms with Gasteiger partial charge in [0.15, 0.2) is 11.0 Å². The van der Waals surface area contributed by atoms with E-state index in [1.807, 2.05) is 0 Å². The smallest absolute Gasteiger partial charge is 0.338 e. The van der Waals surface area contributed by atoms with Gasteiger partial charge in [0, 0.05) is 6.92 Å². The van der Waals surface area contributed by atoms with Gasteiger partial charge in [0.25, 0.3) is 0 Å². The molecule has 0 atom stereocenters. The van der Waals surface area contributed by atoms with E-state index < -0.39 is 0 Å². The highest BCUT2D eigenvalue weighted by molar-refractivity contribution is 6.82. The normalized spacial score (nSPS) is 10.9. The molecule has 0 bridgehead atoms. The molecule has 0 unspecified atom stereocenters. The number of ketones is 1. The monoisotopic (exact) mass is 268 g/mol. The number of rotatable bonds is 5. The van der Waals surface area contributed by atoms with Gasteiger partial charge in [-0.05, 0) is 31.2 Å². The summed E-state index contributed by atoms with van der Waals surface area (Å²) in [6.45, 7) is 3.39. The molecule has 0 saturated carbocycles. The first kappa shape index (κ1) is 14.2. The van der Waals surface area contributed by atoms with Gasteiger partial charge in [-0.1, -0.05) is 11.6 Å². The topological polar surface area (TPSA) is 67.8 Å². The number of nitrogens with zero attached hydrogens (tertiary/aromatic N) is 1. The van der Waals surface area contributed by atoms with Crippen LogP contribution in [0.25, 0.3) is 0 Å². The fraction of sp³-hybridized carbons (Fsp3) is 0.250. The molecular formula is C12H13ClN2O3. The molecule has 0 heterocycles. The number of carbonyl (C=O) groups is 2. The number of carbonyl (C=O) groups excluding carboxylic acids is 2. The number of Topliss-reactive ketones (excluding diaryl/α,β-unsaturated/α-hetero) is 1. The number of esters is 1. The summed E-state index contributed by atoms with van der Waals surface area (Å²) in [5.74, 6) is -0.707. The molecule has 1 rings (SSSR count). The largest absolute Gasteiger partial charge is 0.462 e. The van der Waals surface area contributed by atoms with Gasteiger partial charge in [-0.15, -0.1) is 0 Å². The van der Waals surface area contributed by atoms with E-state index in [0.29, 0.717) is 17.9 Å². The Morgan fingerprint density at radius 3 is 2.44 bits per heavy atom. The zero-order chi connectivity index (χ0) is 13.5. The molecule has 1 aromatic rings. The molecule has 1 aromatic carbocycles. The van der Waals surface area contributed by atoms with Gasteiger partial charge in [-0.3, -0.25) is 10.2 Å². The Labute approximate surface area is 110 Å². The first-order valence-electron chi connectivity index (χ1n) is 5.32. The Morgan fingerprint density at radius 1 is 1.33 bits per heavy atom. The van der Waals surface area contributed by atoms with Gasteiger partial charge in [0.05, 0.1) is 17.9 Å². The van der Waals surface area contributed by atoms with Crippen LogP contribution in [-0.4, -0.2) is 23.5 Å². The average molecular weight is 269 g/mol. The van der Waals surface area contributed by atoms with Crippen molar-refractivity contribution in [1.82, 2.24) is 0 Å². The minimum absolute atomic E-state index is 0.135. The summed E-state index contributed by atoms with van der Waals surface area (Å²) in [4.78, 5) is 22.2. The van der Waals surface area contributed by atoms with Crippen LogP contribution in [0.2, 0.25) is 0 Å². The van der Waals surface area contributed by atoms with Gasteiger partial charge in [0.1, 0.15) is 0 Å². The van der Waals surface area contributed by atoms with Gasteiger partial charge in [-0.2, -0.15) is 5.10 Å². The third-order valence-electron chi connectivity index (χ3n) is 1.97. The first-order valence-corrected chi connectivity index (χ1v) is 5.69. The third kappa shape index (κ3) is 4.18. The quantitative estimate of drug-likeness (QED) is 0.506. The molecule has 0 aliphatic heterocycles. The number of hydrogen-bond donors (Lipinski definition) is 1. The number of ether oxygens (including phenoxy) is 1. The van der Waals surface area contributed by atoms with Gasteiger partial charge in [0.2, 0.25) is 0 Å². The van der Waals surface area contributed by atoms with E-state index in [0.717, 1.165) is 0 Å². The second-order valence-corrected chi connectivity index (χ2v) is 3.73. The van der Waals surface area contributed by atoms with Crippen molar-refractivity contribution in [3.05, 3.63) is 29.8 Å². The van der Waals surface area contributed by atoms with Crippen LogP contribution >= 0.6 is 11.6 Å². The molecule has 0 spiro atoms. The second kappa shape index (κ2) is 6.76. The predicted molar refractivity (Wildman–Crippen MR) is 70.0 cm³/mol. The number of nitrogens with one attached hydrogen (secondary N) is 1. The molecular weight excluding hydrogens is 256 g/mol. The molecule has 0 fully saturated rings.